The van der Waals surface area contributed by atoms with Gasteiger partial charge >= 0.3 is 0 Å². The Morgan fingerprint density at radius 3 is 2.52 bits per heavy atom. The molecular formula is C17H16ClNOS. The van der Waals surface area contributed by atoms with Crippen LogP contribution in [0, 0.1) is 0 Å². The number of hydrogen-bond donors (Lipinski definition) is 1. The summed E-state index contributed by atoms with van der Waals surface area (Å²) in [5.41, 5.74) is 8.19. The molecule has 4 heteroatoms. The lowest BCUT2D eigenvalue weighted by Crippen LogP contribution is -2.00. The molecule has 0 fully saturated rings. The fourth-order valence-corrected chi connectivity index (χ4v) is 3.54. The molecule has 2 aromatic carbocycles. The number of thiophene rings is 1. The number of fused-ring (bicyclic) bond motifs is 1. The SMILES string of the molecule is NCc1sc2ccccc2c1COCc1ccc(Cl)cc1. The summed E-state index contributed by atoms with van der Waals surface area (Å²) in [4.78, 5) is 1.20. The molecule has 108 valence electrons. The van der Waals surface area contributed by atoms with Gasteiger partial charge in [0.2, 0.25) is 0 Å². The molecular weight excluding hydrogens is 302 g/mol. The van der Waals surface area contributed by atoms with Crippen LogP contribution in [0.15, 0.2) is 48.5 Å². The topological polar surface area (TPSA) is 35.2 Å². The number of hydrogen-bond acceptors (Lipinski definition) is 3. The molecule has 1 aromatic heterocycles. The first kappa shape index (κ1) is 14.5. The van der Waals surface area contributed by atoms with Crippen molar-refractivity contribution in [2.45, 2.75) is 19.8 Å². The molecule has 2 N–H and O–H groups in total. The van der Waals surface area contributed by atoms with Crippen molar-refractivity contribution in [2.75, 3.05) is 0 Å². The first-order valence-electron chi connectivity index (χ1n) is 6.79. The lowest BCUT2D eigenvalue weighted by molar-refractivity contribution is 0.108. The maximum absolute atomic E-state index is 5.88. The van der Waals surface area contributed by atoms with Crippen LogP contribution in [0.3, 0.4) is 0 Å². The van der Waals surface area contributed by atoms with Crippen LogP contribution in [0.25, 0.3) is 10.1 Å². The van der Waals surface area contributed by atoms with E-state index in [9.17, 15) is 0 Å². The monoisotopic (exact) mass is 317 g/mol. The molecule has 0 saturated heterocycles. The van der Waals surface area contributed by atoms with Crippen LogP contribution in [0.2, 0.25) is 5.02 Å². The summed E-state index contributed by atoms with van der Waals surface area (Å²) in [6, 6.07) is 16.1. The lowest BCUT2D eigenvalue weighted by atomic mass is 10.1. The minimum Gasteiger partial charge on any atom is -0.372 e. The van der Waals surface area contributed by atoms with Crippen molar-refractivity contribution >= 4 is 33.0 Å². The van der Waals surface area contributed by atoms with E-state index < -0.39 is 0 Å². The lowest BCUT2D eigenvalue weighted by Gasteiger charge is -2.06. The van der Waals surface area contributed by atoms with Gasteiger partial charge in [-0.05, 0) is 29.1 Å². The van der Waals surface area contributed by atoms with Gasteiger partial charge in [0.05, 0.1) is 13.2 Å². The van der Waals surface area contributed by atoms with Crippen LogP contribution in [-0.4, -0.2) is 0 Å². The van der Waals surface area contributed by atoms with E-state index in [1.165, 1.54) is 20.5 Å². The maximum atomic E-state index is 5.88. The molecule has 0 aliphatic heterocycles. The Morgan fingerprint density at radius 1 is 1.00 bits per heavy atom. The number of halogens is 1. The van der Waals surface area contributed by atoms with E-state index in [1.807, 2.05) is 24.3 Å². The van der Waals surface area contributed by atoms with Crippen molar-refractivity contribution < 1.29 is 4.74 Å². The molecule has 2 nitrogen and oxygen atoms in total. The molecule has 21 heavy (non-hydrogen) atoms. The van der Waals surface area contributed by atoms with Crippen molar-refractivity contribution in [1.82, 2.24) is 0 Å². The fraction of sp³-hybridized carbons (Fsp3) is 0.176. The Bertz CT molecular complexity index is 736. The number of benzene rings is 2. The summed E-state index contributed by atoms with van der Waals surface area (Å²) in [6.07, 6.45) is 0. The maximum Gasteiger partial charge on any atom is 0.0738 e. The Balaban J connectivity index is 1.74. The summed E-state index contributed by atoms with van der Waals surface area (Å²) in [5.74, 6) is 0. The first-order valence-corrected chi connectivity index (χ1v) is 7.99. The molecule has 0 aliphatic carbocycles. The largest absolute Gasteiger partial charge is 0.372 e. The highest BCUT2D eigenvalue weighted by molar-refractivity contribution is 7.19. The van der Waals surface area contributed by atoms with Crippen molar-refractivity contribution in [2.24, 2.45) is 5.73 Å². The molecule has 0 atom stereocenters. The van der Waals surface area contributed by atoms with Crippen LogP contribution in [0.1, 0.15) is 16.0 Å². The summed E-state index contributed by atoms with van der Waals surface area (Å²) >= 11 is 7.63. The minimum absolute atomic E-state index is 0.555. The molecule has 0 amide bonds. The summed E-state index contributed by atoms with van der Waals surface area (Å²) in [5, 5.41) is 1.99. The highest BCUT2D eigenvalue weighted by atomic mass is 35.5. The van der Waals surface area contributed by atoms with Gasteiger partial charge in [0.25, 0.3) is 0 Å². The molecule has 0 unspecified atom stereocenters. The smallest absolute Gasteiger partial charge is 0.0738 e. The standard InChI is InChI=1S/C17H16ClNOS/c18-13-7-5-12(6-8-13)10-20-11-15-14-3-1-2-4-16(14)21-17(15)9-19/h1-8H,9-11,19H2. The van der Waals surface area contributed by atoms with E-state index in [1.54, 1.807) is 11.3 Å². The molecule has 0 radical (unpaired) electrons. The third-order valence-corrected chi connectivity index (χ3v) is 4.88. The van der Waals surface area contributed by atoms with E-state index in [0.717, 1.165) is 10.6 Å². The molecule has 0 spiro atoms. The van der Waals surface area contributed by atoms with Gasteiger partial charge in [-0.2, -0.15) is 0 Å². The van der Waals surface area contributed by atoms with Crippen LogP contribution >= 0.6 is 22.9 Å². The Labute approximate surface area is 133 Å². The minimum atomic E-state index is 0.555. The molecule has 0 bridgehead atoms. The zero-order chi connectivity index (χ0) is 14.7. The zero-order valence-corrected chi connectivity index (χ0v) is 13.1. The number of ether oxygens (including phenoxy) is 1. The number of nitrogens with two attached hydrogens (primary N) is 1. The van der Waals surface area contributed by atoms with Gasteiger partial charge < -0.3 is 10.5 Å². The molecule has 3 rings (SSSR count). The first-order chi connectivity index (χ1) is 10.3. The van der Waals surface area contributed by atoms with Gasteiger partial charge in [0.1, 0.15) is 0 Å². The second-order valence-electron chi connectivity index (χ2n) is 4.82. The third kappa shape index (κ3) is 3.27. The average molecular weight is 318 g/mol. The Morgan fingerprint density at radius 2 is 1.76 bits per heavy atom. The number of rotatable bonds is 5. The highest BCUT2D eigenvalue weighted by Crippen LogP contribution is 2.31. The summed E-state index contributed by atoms with van der Waals surface area (Å²) in [6.45, 7) is 1.71. The Kier molecular flexibility index (Phi) is 4.56. The normalized spacial score (nSPS) is 11.1. The predicted octanol–water partition coefficient (Wildman–Crippen LogP) is 4.73. The summed E-state index contributed by atoms with van der Waals surface area (Å²) in [7, 11) is 0. The zero-order valence-electron chi connectivity index (χ0n) is 11.5. The van der Waals surface area contributed by atoms with Gasteiger partial charge in [-0.1, -0.05) is 41.9 Å². The van der Waals surface area contributed by atoms with E-state index in [-0.39, 0.29) is 0 Å². The van der Waals surface area contributed by atoms with Gasteiger partial charge in [0, 0.05) is 26.7 Å². The van der Waals surface area contributed by atoms with E-state index in [2.05, 4.69) is 24.3 Å². The molecule has 0 aliphatic rings. The second kappa shape index (κ2) is 6.58. The van der Waals surface area contributed by atoms with Crippen LogP contribution in [0.4, 0.5) is 0 Å². The van der Waals surface area contributed by atoms with Gasteiger partial charge in [0.15, 0.2) is 0 Å². The van der Waals surface area contributed by atoms with Crippen molar-refractivity contribution in [3.8, 4) is 0 Å². The van der Waals surface area contributed by atoms with Crippen molar-refractivity contribution in [3.63, 3.8) is 0 Å². The van der Waals surface area contributed by atoms with E-state index in [4.69, 9.17) is 22.1 Å². The van der Waals surface area contributed by atoms with Crippen molar-refractivity contribution in [1.29, 1.82) is 0 Å². The highest BCUT2D eigenvalue weighted by Gasteiger charge is 2.10. The fourth-order valence-electron chi connectivity index (χ4n) is 2.32. The van der Waals surface area contributed by atoms with E-state index in [0.29, 0.717) is 19.8 Å². The van der Waals surface area contributed by atoms with Gasteiger partial charge in [-0.25, -0.2) is 0 Å². The quantitative estimate of drug-likeness (QED) is 0.738. The second-order valence-corrected chi connectivity index (χ2v) is 6.40. The predicted molar refractivity (Wildman–Crippen MR) is 89.7 cm³/mol. The van der Waals surface area contributed by atoms with Crippen LogP contribution in [0.5, 0.6) is 0 Å². The molecule has 1 heterocycles. The average Bonchev–Trinajstić information content (AvgIpc) is 2.87. The summed E-state index contributed by atoms with van der Waals surface area (Å²) < 4.78 is 7.13. The molecule has 3 aromatic rings. The van der Waals surface area contributed by atoms with Crippen LogP contribution < -0.4 is 5.73 Å². The van der Waals surface area contributed by atoms with E-state index >= 15 is 0 Å². The van der Waals surface area contributed by atoms with Crippen molar-refractivity contribution in [3.05, 3.63) is 69.6 Å². The van der Waals surface area contributed by atoms with Gasteiger partial charge in [-0.15, -0.1) is 11.3 Å². The third-order valence-electron chi connectivity index (χ3n) is 3.40. The Hall–Kier alpha value is -1.39. The van der Waals surface area contributed by atoms with Gasteiger partial charge in [-0.3, -0.25) is 0 Å². The van der Waals surface area contributed by atoms with Crippen LogP contribution in [-0.2, 0) is 24.5 Å². The molecule has 0 saturated carbocycles.